The highest BCUT2D eigenvalue weighted by Crippen LogP contribution is 2.28. The minimum Gasteiger partial charge on any atom is -0.381 e. The number of carbonyl (C=O) groups is 1. The van der Waals surface area contributed by atoms with Crippen LogP contribution in [-0.4, -0.2) is 30.0 Å². The Morgan fingerprint density at radius 1 is 1.29 bits per heavy atom. The molecule has 4 heteroatoms. The van der Waals surface area contributed by atoms with E-state index in [1.807, 2.05) is 0 Å². The fourth-order valence-electron chi connectivity index (χ4n) is 2.88. The Morgan fingerprint density at radius 2 is 1.94 bits per heavy atom. The third kappa shape index (κ3) is 3.68. The van der Waals surface area contributed by atoms with E-state index in [1.54, 1.807) is 0 Å². The Labute approximate surface area is 112 Å². The van der Waals surface area contributed by atoms with E-state index in [0.29, 0.717) is 5.92 Å². The summed E-state index contributed by atoms with van der Waals surface area (Å²) < 4.78 is 5.37. The van der Waals surface area contributed by atoms with Gasteiger partial charge in [-0.3, -0.25) is 4.79 Å². The van der Waals surface area contributed by atoms with Crippen LogP contribution in [0.25, 0.3) is 0 Å². The zero-order valence-electron chi connectivity index (χ0n) is 10.3. The smallest absolute Gasteiger partial charge is 0.220 e. The molecule has 0 aromatic heterocycles. The number of alkyl halides is 1. The highest BCUT2D eigenvalue weighted by molar-refractivity contribution is 9.09. The Morgan fingerprint density at radius 3 is 2.53 bits per heavy atom. The molecule has 0 aromatic rings. The van der Waals surface area contributed by atoms with Crippen molar-refractivity contribution in [2.75, 3.05) is 18.5 Å². The normalized spacial score (nSPS) is 24.8. The molecule has 0 spiro atoms. The number of ether oxygens (including phenoxy) is 1. The van der Waals surface area contributed by atoms with Crippen LogP contribution in [-0.2, 0) is 9.53 Å². The SMILES string of the molecule is O=C(CC1CCCC1)NC1(CBr)CCOCC1. The summed E-state index contributed by atoms with van der Waals surface area (Å²) in [5.41, 5.74) is -0.0616. The van der Waals surface area contributed by atoms with Crippen molar-refractivity contribution in [1.29, 1.82) is 0 Å². The van der Waals surface area contributed by atoms with Gasteiger partial charge in [-0.1, -0.05) is 28.8 Å². The first-order valence-electron chi connectivity index (χ1n) is 6.69. The second-order valence-corrected chi connectivity index (χ2v) is 5.99. The average molecular weight is 304 g/mol. The van der Waals surface area contributed by atoms with Crippen LogP contribution in [0.5, 0.6) is 0 Å². The van der Waals surface area contributed by atoms with E-state index in [9.17, 15) is 4.79 Å². The van der Waals surface area contributed by atoms with Crippen LogP contribution in [0.3, 0.4) is 0 Å². The minimum atomic E-state index is -0.0616. The molecule has 1 heterocycles. The first-order valence-corrected chi connectivity index (χ1v) is 7.81. The van der Waals surface area contributed by atoms with Gasteiger partial charge in [-0.15, -0.1) is 0 Å². The molecule has 0 unspecified atom stereocenters. The molecule has 2 aliphatic rings. The Balaban J connectivity index is 1.82. The predicted molar refractivity (Wildman–Crippen MR) is 71.3 cm³/mol. The van der Waals surface area contributed by atoms with Gasteiger partial charge < -0.3 is 10.1 Å². The lowest BCUT2D eigenvalue weighted by molar-refractivity contribution is -0.124. The zero-order chi connectivity index (χ0) is 12.1. The van der Waals surface area contributed by atoms with Crippen LogP contribution in [0.4, 0.5) is 0 Å². The number of halogens is 1. The number of hydrogen-bond donors (Lipinski definition) is 1. The first kappa shape index (κ1) is 13.3. The van der Waals surface area contributed by atoms with E-state index in [4.69, 9.17) is 4.74 Å². The lowest BCUT2D eigenvalue weighted by Crippen LogP contribution is -2.53. The van der Waals surface area contributed by atoms with Crippen LogP contribution < -0.4 is 5.32 Å². The van der Waals surface area contributed by atoms with E-state index >= 15 is 0 Å². The molecule has 1 aliphatic heterocycles. The molecule has 0 radical (unpaired) electrons. The molecule has 17 heavy (non-hydrogen) atoms. The quantitative estimate of drug-likeness (QED) is 0.811. The molecule has 1 saturated heterocycles. The van der Waals surface area contributed by atoms with E-state index < -0.39 is 0 Å². The maximum absolute atomic E-state index is 12.1. The van der Waals surface area contributed by atoms with Gasteiger partial charge in [-0.2, -0.15) is 0 Å². The van der Waals surface area contributed by atoms with Crippen molar-refractivity contribution in [1.82, 2.24) is 5.32 Å². The van der Waals surface area contributed by atoms with Crippen molar-refractivity contribution in [2.45, 2.75) is 50.5 Å². The summed E-state index contributed by atoms with van der Waals surface area (Å²) in [4.78, 5) is 12.1. The lowest BCUT2D eigenvalue weighted by atomic mass is 9.91. The fraction of sp³-hybridized carbons (Fsp3) is 0.923. The summed E-state index contributed by atoms with van der Waals surface area (Å²) in [6.07, 6.45) is 7.64. The van der Waals surface area contributed by atoms with Gasteiger partial charge in [-0.05, 0) is 31.6 Å². The summed E-state index contributed by atoms with van der Waals surface area (Å²) in [6, 6.07) is 0. The van der Waals surface area contributed by atoms with Gasteiger partial charge in [0.1, 0.15) is 0 Å². The van der Waals surface area contributed by atoms with Gasteiger partial charge in [0.05, 0.1) is 5.54 Å². The monoisotopic (exact) mass is 303 g/mol. The van der Waals surface area contributed by atoms with Crippen LogP contribution in [0.1, 0.15) is 44.9 Å². The van der Waals surface area contributed by atoms with Crippen molar-refractivity contribution in [3.05, 3.63) is 0 Å². The third-order valence-corrected chi connectivity index (χ3v) is 5.13. The standard InChI is InChI=1S/C13H22BrNO2/c14-10-13(5-7-17-8-6-13)15-12(16)9-11-3-1-2-4-11/h11H,1-10H2,(H,15,16). The molecule has 0 aromatic carbocycles. The van der Waals surface area contributed by atoms with Gasteiger partial charge in [0.2, 0.25) is 5.91 Å². The minimum absolute atomic E-state index is 0.0616. The van der Waals surface area contributed by atoms with Crippen LogP contribution in [0, 0.1) is 5.92 Å². The van der Waals surface area contributed by atoms with Crippen LogP contribution in [0.2, 0.25) is 0 Å². The Hall–Kier alpha value is -0.0900. The number of hydrogen-bond acceptors (Lipinski definition) is 2. The van der Waals surface area contributed by atoms with Crippen molar-refractivity contribution >= 4 is 21.8 Å². The molecule has 0 bridgehead atoms. The average Bonchev–Trinajstić information content (AvgIpc) is 2.83. The molecular weight excluding hydrogens is 282 g/mol. The van der Waals surface area contributed by atoms with E-state index in [-0.39, 0.29) is 11.4 Å². The molecule has 0 atom stereocenters. The molecule has 1 amide bonds. The van der Waals surface area contributed by atoms with Crippen molar-refractivity contribution in [3.8, 4) is 0 Å². The van der Waals surface area contributed by atoms with Gasteiger partial charge in [0, 0.05) is 25.0 Å². The largest absolute Gasteiger partial charge is 0.381 e. The van der Waals surface area contributed by atoms with Crippen molar-refractivity contribution < 1.29 is 9.53 Å². The molecule has 2 rings (SSSR count). The highest BCUT2D eigenvalue weighted by Gasteiger charge is 2.33. The Bertz CT molecular complexity index is 258. The van der Waals surface area contributed by atoms with Gasteiger partial charge in [-0.25, -0.2) is 0 Å². The predicted octanol–water partition coefficient (Wildman–Crippen LogP) is 2.63. The number of carbonyl (C=O) groups excluding carboxylic acids is 1. The third-order valence-electron chi connectivity index (χ3n) is 4.06. The summed E-state index contributed by atoms with van der Waals surface area (Å²) in [5, 5.41) is 4.08. The number of rotatable bonds is 4. The van der Waals surface area contributed by atoms with Gasteiger partial charge >= 0.3 is 0 Å². The van der Waals surface area contributed by atoms with E-state index in [2.05, 4.69) is 21.2 Å². The van der Waals surface area contributed by atoms with Gasteiger partial charge in [0.15, 0.2) is 0 Å². The maximum Gasteiger partial charge on any atom is 0.220 e. The fourth-order valence-corrected chi connectivity index (χ4v) is 3.58. The highest BCUT2D eigenvalue weighted by atomic mass is 79.9. The molecule has 2 fully saturated rings. The summed E-state index contributed by atoms with van der Waals surface area (Å²) >= 11 is 3.54. The molecule has 1 aliphatic carbocycles. The second kappa shape index (κ2) is 6.19. The van der Waals surface area contributed by atoms with Crippen molar-refractivity contribution in [2.24, 2.45) is 5.92 Å². The summed E-state index contributed by atoms with van der Waals surface area (Å²) in [7, 11) is 0. The molecule has 1 N–H and O–H groups in total. The van der Waals surface area contributed by atoms with Crippen molar-refractivity contribution in [3.63, 3.8) is 0 Å². The molecule has 3 nitrogen and oxygen atoms in total. The molecule has 98 valence electrons. The number of nitrogens with one attached hydrogen (secondary N) is 1. The molecule has 1 saturated carbocycles. The zero-order valence-corrected chi connectivity index (χ0v) is 11.9. The molecular formula is C13H22BrNO2. The summed E-state index contributed by atoms with van der Waals surface area (Å²) in [6.45, 7) is 1.52. The second-order valence-electron chi connectivity index (χ2n) is 5.43. The topological polar surface area (TPSA) is 38.3 Å². The van der Waals surface area contributed by atoms with E-state index in [0.717, 1.165) is 37.8 Å². The Kier molecular flexibility index (Phi) is 4.86. The summed E-state index contributed by atoms with van der Waals surface area (Å²) in [5.74, 6) is 0.862. The van der Waals surface area contributed by atoms with Crippen LogP contribution >= 0.6 is 15.9 Å². The van der Waals surface area contributed by atoms with Crippen LogP contribution in [0.15, 0.2) is 0 Å². The lowest BCUT2D eigenvalue weighted by Gasteiger charge is -2.36. The first-order chi connectivity index (χ1) is 8.24. The number of amides is 1. The van der Waals surface area contributed by atoms with E-state index in [1.165, 1.54) is 25.7 Å². The van der Waals surface area contributed by atoms with Gasteiger partial charge in [0.25, 0.3) is 0 Å². The maximum atomic E-state index is 12.1.